The first-order valence-electron chi connectivity index (χ1n) is 9.16. The molecular weight excluding hydrogens is 346 g/mol. The molecule has 3 aromatic rings. The first kappa shape index (κ1) is 17.4. The van der Waals surface area contributed by atoms with Crippen molar-refractivity contribution in [2.24, 2.45) is 7.05 Å². The van der Waals surface area contributed by atoms with Crippen molar-refractivity contribution in [1.82, 2.24) is 14.0 Å². The van der Waals surface area contributed by atoms with Crippen LogP contribution in [-0.4, -0.2) is 34.2 Å². The molecule has 26 heavy (non-hydrogen) atoms. The third kappa shape index (κ3) is 3.19. The lowest BCUT2D eigenvalue weighted by Crippen LogP contribution is -2.21. The van der Waals surface area contributed by atoms with E-state index in [-0.39, 0.29) is 5.56 Å². The van der Waals surface area contributed by atoms with E-state index in [0.717, 1.165) is 43.9 Å². The maximum absolute atomic E-state index is 11.6. The van der Waals surface area contributed by atoms with Crippen molar-refractivity contribution < 1.29 is 0 Å². The molecule has 0 aliphatic carbocycles. The Labute approximate surface area is 158 Å². The maximum atomic E-state index is 11.6. The van der Waals surface area contributed by atoms with E-state index < -0.39 is 0 Å². The van der Waals surface area contributed by atoms with Crippen molar-refractivity contribution in [1.29, 1.82) is 0 Å². The van der Waals surface area contributed by atoms with Crippen LogP contribution in [-0.2, 0) is 32.9 Å². The highest BCUT2D eigenvalue weighted by atomic mass is 35.5. The predicted molar refractivity (Wildman–Crippen MR) is 107 cm³/mol. The van der Waals surface area contributed by atoms with E-state index in [9.17, 15) is 4.79 Å². The minimum atomic E-state index is 0.0340. The van der Waals surface area contributed by atoms with Crippen molar-refractivity contribution in [3.05, 3.63) is 68.7 Å². The van der Waals surface area contributed by atoms with Crippen molar-refractivity contribution >= 4 is 22.5 Å². The van der Waals surface area contributed by atoms with Gasteiger partial charge in [0.15, 0.2) is 0 Å². The van der Waals surface area contributed by atoms with E-state index in [4.69, 9.17) is 11.6 Å². The highest BCUT2D eigenvalue weighted by Crippen LogP contribution is 2.31. The highest BCUT2D eigenvalue weighted by Gasteiger charge is 2.20. The molecule has 0 fully saturated rings. The summed E-state index contributed by atoms with van der Waals surface area (Å²) >= 11 is 6.29. The molecule has 0 atom stereocenters. The van der Waals surface area contributed by atoms with Gasteiger partial charge in [-0.2, -0.15) is 0 Å². The second kappa shape index (κ2) is 6.93. The number of benzene rings is 1. The van der Waals surface area contributed by atoms with Gasteiger partial charge in [-0.15, -0.1) is 0 Å². The monoisotopic (exact) mass is 369 g/mol. The third-order valence-corrected chi connectivity index (χ3v) is 5.73. The summed E-state index contributed by atoms with van der Waals surface area (Å²) in [6, 6.07) is 9.84. The molecule has 4 nitrogen and oxygen atoms in total. The van der Waals surface area contributed by atoms with Crippen LogP contribution in [0.3, 0.4) is 0 Å². The summed E-state index contributed by atoms with van der Waals surface area (Å²) in [7, 11) is 4.00. The molecule has 0 spiro atoms. The number of rotatable bonds is 3. The summed E-state index contributed by atoms with van der Waals surface area (Å²) in [6.07, 6.45) is 4.97. The van der Waals surface area contributed by atoms with Crippen LogP contribution >= 0.6 is 11.6 Å². The standard InChI is InChI=1S/C21H24ClN3O/c1-23-10-8-17-18-13-16(22)4-5-19(18)25(20(17)9-11-23)12-7-15-3-6-21(26)24(2)14-15/h3-6,13-14H,7-12H2,1-2H3. The van der Waals surface area contributed by atoms with Gasteiger partial charge >= 0.3 is 0 Å². The number of fused-ring (bicyclic) bond motifs is 3. The first-order valence-corrected chi connectivity index (χ1v) is 9.54. The number of hydrogen-bond donors (Lipinski definition) is 0. The van der Waals surface area contributed by atoms with Crippen molar-refractivity contribution in [2.45, 2.75) is 25.8 Å². The van der Waals surface area contributed by atoms with Gasteiger partial charge in [0.05, 0.1) is 0 Å². The Kier molecular flexibility index (Phi) is 4.63. The fourth-order valence-electron chi connectivity index (χ4n) is 4.02. The fourth-order valence-corrected chi connectivity index (χ4v) is 4.19. The lowest BCUT2D eigenvalue weighted by atomic mass is 10.1. The number of aryl methyl sites for hydroxylation is 3. The smallest absolute Gasteiger partial charge is 0.250 e. The van der Waals surface area contributed by atoms with Gasteiger partial charge in [0.1, 0.15) is 0 Å². The number of halogens is 1. The Balaban J connectivity index is 1.73. The summed E-state index contributed by atoms with van der Waals surface area (Å²) < 4.78 is 4.11. The molecular formula is C21H24ClN3O. The second-order valence-electron chi connectivity index (χ2n) is 7.28. The first-order chi connectivity index (χ1) is 12.5. The Morgan fingerprint density at radius 1 is 1.08 bits per heavy atom. The molecule has 0 N–H and O–H groups in total. The van der Waals surface area contributed by atoms with Gasteiger partial charge in [0.25, 0.3) is 0 Å². The average molecular weight is 370 g/mol. The molecule has 1 aliphatic rings. The third-order valence-electron chi connectivity index (χ3n) is 5.49. The van der Waals surface area contributed by atoms with Crippen molar-refractivity contribution in [3.63, 3.8) is 0 Å². The minimum absolute atomic E-state index is 0.0340. The lowest BCUT2D eigenvalue weighted by molar-refractivity contribution is 0.351. The largest absolute Gasteiger partial charge is 0.344 e. The molecule has 1 aromatic carbocycles. The van der Waals surface area contributed by atoms with Crippen LogP contribution in [0.25, 0.3) is 10.9 Å². The molecule has 1 aliphatic heterocycles. The zero-order valence-corrected chi connectivity index (χ0v) is 16.1. The SMILES string of the molecule is CN1CCc2c(n(CCc3ccc(=O)n(C)c3)c3ccc(Cl)cc23)CC1. The Bertz CT molecular complexity index is 1020. The van der Waals surface area contributed by atoms with Crippen LogP contribution in [0, 0.1) is 0 Å². The molecule has 136 valence electrons. The minimum Gasteiger partial charge on any atom is -0.344 e. The number of pyridine rings is 1. The number of likely N-dealkylation sites (N-methyl/N-ethyl adjacent to an activating group) is 1. The van der Waals surface area contributed by atoms with Crippen LogP contribution < -0.4 is 5.56 Å². The van der Waals surface area contributed by atoms with Gasteiger partial charge in [0.2, 0.25) is 5.56 Å². The van der Waals surface area contributed by atoms with Crippen molar-refractivity contribution in [3.8, 4) is 0 Å². The molecule has 2 aromatic heterocycles. The van der Waals surface area contributed by atoms with Crippen LogP contribution in [0.2, 0.25) is 5.02 Å². The van der Waals surface area contributed by atoms with Crippen LogP contribution in [0.4, 0.5) is 0 Å². The summed E-state index contributed by atoms with van der Waals surface area (Å²) in [6.45, 7) is 3.08. The van der Waals surface area contributed by atoms with E-state index in [1.165, 1.54) is 27.7 Å². The summed E-state index contributed by atoms with van der Waals surface area (Å²) in [5.74, 6) is 0. The summed E-state index contributed by atoms with van der Waals surface area (Å²) in [4.78, 5) is 14.0. The topological polar surface area (TPSA) is 30.2 Å². The van der Waals surface area contributed by atoms with E-state index in [1.807, 2.05) is 18.3 Å². The summed E-state index contributed by atoms with van der Waals surface area (Å²) in [5, 5.41) is 2.09. The second-order valence-corrected chi connectivity index (χ2v) is 7.71. The van der Waals surface area contributed by atoms with Gasteiger partial charge in [0, 0.05) is 67.0 Å². The molecule has 0 amide bonds. The molecule has 0 bridgehead atoms. The van der Waals surface area contributed by atoms with Crippen molar-refractivity contribution in [2.75, 3.05) is 20.1 Å². The predicted octanol–water partition coefficient (Wildman–Crippen LogP) is 3.27. The van der Waals surface area contributed by atoms with Crippen LogP contribution in [0.1, 0.15) is 16.8 Å². The molecule has 0 unspecified atom stereocenters. The lowest BCUT2D eigenvalue weighted by Gasteiger charge is -2.14. The number of hydrogen-bond acceptors (Lipinski definition) is 2. The summed E-state index contributed by atoms with van der Waals surface area (Å²) in [5.41, 5.74) is 5.38. The Hall–Kier alpha value is -2.04. The Morgan fingerprint density at radius 3 is 2.69 bits per heavy atom. The van der Waals surface area contributed by atoms with E-state index >= 15 is 0 Å². The van der Waals surface area contributed by atoms with E-state index in [2.05, 4.69) is 28.6 Å². The molecule has 3 heterocycles. The normalized spacial score (nSPS) is 15.2. The van der Waals surface area contributed by atoms with Gasteiger partial charge in [-0.3, -0.25) is 4.79 Å². The van der Waals surface area contributed by atoms with Gasteiger partial charge in [-0.05, 0) is 49.2 Å². The number of aromatic nitrogens is 2. The molecule has 0 saturated heterocycles. The molecule has 0 saturated carbocycles. The van der Waals surface area contributed by atoms with E-state index in [1.54, 1.807) is 17.7 Å². The molecule has 5 heteroatoms. The average Bonchev–Trinajstić information content (AvgIpc) is 2.76. The van der Waals surface area contributed by atoms with Crippen LogP contribution in [0.5, 0.6) is 0 Å². The highest BCUT2D eigenvalue weighted by molar-refractivity contribution is 6.31. The number of nitrogens with zero attached hydrogens (tertiary/aromatic N) is 3. The van der Waals surface area contributed by atoms with Gasteiger partial charge in [-0.25, -0.2) is 0 Å². The maximum Gasteiger partial charge on any atom is 0.250 e. The quantitative estimate of drug-likeness (QED) is 0.709. The Morgan fingerprint density at radius 2 is 1.88 bits per heavy atom. The van der Waals surface area contributed by atoms with Gasteiger partial charge in [-0.1, -0.05) is 17.7 Å². The van der Waals surface area contributed by atoms with E-state index in [0.29, 0.717) is 0 Å². The molecule has 4 rings (SSSR count). The van der Waals surface area contributed by atoms with Gasteiger partial charge < -0.3 is 14.0 Å². The fraction of sp³-hybridized carbons (Fsp3) is 0.381. The molecule has 0 radical (unpaired) electrons. The zero-order valence-electron chi connectivity index (χ0n) is 15.3. The van der Waals surface area contributed by atoms with Crippen LogP contribution in [0.15, 0.2) is 41.3 Å². The zero-order chi connectivity index (χ0) is 18.3.